The molecule has 4 aliphatic carbocycles. The van der Waals surface area contributed by atoms with E-state index in [0.29, 0.717) is 17.6 Å². The number of allylic oxidation sites excluding steroid dienone is 1. The second-order valence-corrected chi connectivity index (χ2v) is 15.9. The van der Waals surface area contributed by atoms with Gasteiger partial charge in [0.1, 0.15) is 18.1 Å². The van der Waals surface area contributed by atoms with Crippen LogP contribution in [0.2, 0.25) is 18.1 Å². The number of benzene rings is 1. The summed E-state index contributed by atoms with van der Waals surface area (Å²) in [7, 11) is -1.98. The lowest BCUT2D eigenvalue weighted by Gasteiger charge is -2.51. The fourth-order valence-electron chi connectivity index (χ4n) is 5.69. The van der Waals surface area contributed by atoms with Crippen LogP contribution in [0, 0.1) is 23.7 Å². The Hall–Kier alpha value is -1.36. The molecular weight excluding hydrogens is 398 g/mol. The van der Waals surface area contributed by atoms with Crippen molar-refractivity contribution in [2.75, 3.05) is 6.61 Å². The molecule has 0 amide bonds. The van der Waals surface area contributed by atoms with Crippen LogP contribution in [-0.4, -0.2) is 21.3 Å². The van der Waals surface area contributed by atoms with E-state index < -0.39 is 21.3 Å². The lowest BCUT2D eigenvalue weighted by Crippen LogP contribution is -2.43. The highest BCUT2D eigenvalue weighted by Crippen LogP contribution is 2.58. The summed E-state index contributed by atoms with van der Waals surface area (Å²) < 4.78 is 38.6. The lowest BCUT2D eigenvalue weighted by atomic mass is 9.54. The predicted octanol–water partition coefficient (Wildman–Crippen LogP) is 7.52. The van der Waals surface area contributed by atoms with Gasteiger partial charge in [0.15, 0.2) is 0 Å². The molecule has 1 aromatic carbocycles. The number of ether oxygens (including phenoxy) is 1. The number of hydrogen-bond donors (Lipinski definition) is 0. The van der Waals surface area contributed by atoms with Crippen LogP contribution < -0.4 is 4.43 Å². The van der Waals surface area contributed by atoms with Gasteiger partial charge in [-0.25, -0.2) is 8.78 Å². The minimum atomic E-state index is -2.47. The van der Waals surface area contributed by atoms with Gasteiger partial charge in [0.2, 0.25) is 8.32 Å². The highest BCUT2D eigenvalue weighted by Gasteiger charge is 2.47. The van der Waals surface area contributed by atoms with E-state index in [-0.39, 0.29) is 5.04 Å². The Morgan fingerprint density at radius 3 is 2.17 bits per heavy atom. The van der Waals surface area contributed by atoms with Crippen molar-refractivity contribution in [1.82, 2.24) is 0 Å². The summed E-state index contributed by atoms with van der Waals surface area (Å²) in [6.45, 7) is 10.6. The maximum Gasteiger partial charge on any atom is 0.272 e. The molecular formula is C25H36F2O2Si. The molecule has 0 unspecified atom stereocenters. The minimum absolute atomic E-state index is 0.0951. The standard InChI is InChI=1S/C25H36F2O2Si/c1-25(2,3)30(4,5)29-21-8-6-7-18(14-21)24(28-15-22(26)27)23-19-10-16-9-17(12-19)13-20(23)11-16/h6-8,14,16-17,19-20,22H,9-13,15H2,1-5H3. The van der Waals surface area contributed by atoms with E-state index in [2.05, 4.69) is 33.9 Å². The van der Waals surface area contributed by atoms with E-state index in [1.165, 1.54) is 37.7 Å². The number of halogens is 2. The average molecular weight is 435 g/mol. The molecule has 0 N–H and O–H groups in total. The SMILES string of the molecule is CC(C)(C)[Si](C)(C)Oc1cccc(C(OCC(F)F)=C2C3CC4CC(C3)CC2C4)c1. The van der Waals surface area contributed by atoms with Crippen LogP contribution in [0.4, 0.5) is 8.78 Å². The molecule has 4 bridgehead atoms. The molecule has 0 aromatic heterocycles. The molecule has 4 fully saturated rings. The van der Waals surface area contributed by atoms with Crippen LogP contribution in [-0.2, 0) is 4.74 Å². The quantitative estimate of drug-likeness (QED) is 0.340. The topological polar surface area (TPSA) is 18.5 Å². The largest absolute Gasteiger partial charge is 0.543 e. The molecule has 30 heavy (non-hydrogen) atoms. The highest BCUT2D eigenvalue weighted by molar-refractivity contribution is 6.74. The Morgan fingerprint density at radius 2 is 1.63 bits per heavy atom. The summed E-state index contributed by atoms with van der Waals surface area (Å²) >= 11 is 0. The Bertz CT molecular complexity index is 780. The van der Waals surface area contributed by atoms with Crippen LogP contribution in [0.1, 0.15) is 58.4 Å². The molecule has 4 saturated carbocycles. The van der Waals surface area contributed by atoms with Crippen molar-refractivity contribution < 1.29 is 17.9 Å². The van der Waals surface area contributed by atoms with Gasteiger partial charge in [0, 0.05) is 5.56 Å². The van der Waals surface area contributed by atoms with Crippen LogP contribution in [0.25, 0.3) is 5.76 Å². The smallest absolute Gasteiger partial charge is 0.272 e. The van der Waals surface area contributed by atoms with E-state index in [4.69, 9.17) is 9.16 Å². The molecule has 4 aliphatic rings. The molecule has 0 heterocycles. The Morgan fingerprint density at radius 1 is 1.03 bits per heavy atom. The van der Waals surface area contributed by atoms with E-state index in [0.717, 1.165) is 23.1 Å². The summed E-state index contributed by atoms with van der Waals surface area (Å²) in [6.07, 6.45) is 3.69. The van der Waals surface area contributed by atoms with E-state index in [1.54, 1.807) is 0 Å². The van der Waals surface area contributed by atoms with Crippen molar-refractivity contribution in [1.29, 1.82) is 0 Å². The van der Waals surface area contributed by atoms with Gasteiger partial charge in [-0.2, -0.15) is 0 Å². The summed E-state index contributed by atoms with van der Waals surface area (Å²) in [6, 6.07) is 7.97. The summed E-state index contributed by atoms with van der Waals surface area (Å²) in [5, 5.41) is 0.0951. The van der Waals surface area contributed by atoms with Gasteiger partial charge in [-0.15, -0.1) is 0 Å². The van der Waals surface area contributed by atoms with Gasteiger partial charge in [0.05, 0.1) is 0 Å². The number of hydrogen-bond acceptors (Lipinski definition) is 2. The lowest BCUT2D eigenvalue weighted by molar-refractivity contribution is 0.0519. The number of alkyl halides is 2. The first-order valence-corrected chi connectivity index (χ1v) is 14.4. The molecule has 0 spiro atoms. The van der Waals surface area contributed by atoms with Gasteiger partial charge in [-0.1, -0.05) is 32.9 Å². The average Bonchev–Trinajstić information content (AvgIpc) is 2.62. The van der Waals surface area contributed by atoms with Crippen molar-refractivity contribution in [3.63, 3.8) is 0 Å². The van der Waals surface area contributed by atoms with Crippen molar-refractivity contribution >= 4 is 14.1 Å². The molecule has 0 radical (unpaired) electrons. The third-order valence-corrected chi connectivity index (χ3v) is 12.3. The fourth-order valence-corrected chi connectivity index (χ4v) is 6.71. The first-order chi connectivity index (χ1) is 14.0. The second kappa shape index (κ2) is 7.96. The molecule has 5 rings (SSSR count). The summed E-state index contributed by atoms with van der Waals surface area (Å²) in [5.74, 6) is 4.17. The van der Waals surface area contributed by atoms with Gasteiger partial charge in [-0.3, -0.25) is 0 Å². The molecule has 166 valence electrons. The fraction of sp³-hybridized carbons (Fsp3) is 0.680. The molecule has 0 saturated heterocycles. The monoisotopic (exact) mass is 434 g/mol. The van der Waals surface area contributed by atoms with Crippen molar-refractivity contribution in [3.8, 4) is 5.75 Å². The van der Waals surface area contributed by atoms with E-state index >= 15 is 0 Å². The van der Waals surface area contributed by atoms with Gasteiger partial charge >= 0.3 is 0 Å². The first kappa shape index (κ1) is 21.9. The van der Waals surface area contributed by atoms with E-state index in [9.17, 15) is 8.78 Å². The van der Waals surface area contributed by atoms with Crippen LogP contribution in [0.3, 0.4) is 0 Å². The van der Waals surface area contributed by atoms with Crippen molar-refractivity contribution in [3.05, 3.63) is 35.4 Å². The first-order valence-electron chi connectivity index (χ1n) is 11.5. The molecule has 0 aliphatic heterocycles. The van der Waals surface area contributed by atoms with Crippen molar-refractivity contribution in [2.45, 2.75) is 77.4 Å². The van der Waals surface area contributed by atoms with Crippen LogP contribution in [0.15, 0.2) is 29.8 Å². The molecule has 5 heteroatoms. The predicted molar refractivity (Wildman–Crippen MR) is 120 cm³/mol. The molecule has 1 aromatic rings. The third-order valence-electron chi connectivity index (χ3n) is 7.91. The number of rotatable bonds is 6. The van der Waals surface area contributed by atoms with Crippen LogP contribution >= 0.6 is 0 Å². The van der Waals surface area contributed by atoms with Gasteiger partial charge in [-0.05, 0) is 91.6 Å². The maximum absolute atomic E-state index is 13.1. The summed E-state index contributed by atoms with van der Waals surface area (Å²) in [4.78, 5) is 0. The Labute approximate surface area is 181 Å². The molecule has 0 atom stereocenters. The Balaban J connectivity index is 1.69. The third kappa shape index (κ3) is 4.32. The zero-order valence-corrected chi connectivity index (χ0v) is 20.0. The zero-order valence-electron chi connectivity index (χ0n) is 19.0. The molecule has 2 nitrogen and oxygen atoms in total. The van der Waals surface area contributed by atoms with Crippen LogP contribution in [0.5, 0.6) is 5.75 Å². The van der Waals surface area contributed by atoms with Gasteiger partial charge < -0.3 is 9.16 Å². The zero-order chi connectivity index (χ0) is 21.7. The maximum atomic E-state index is 13.1. The Kier molecular flexibility index (Phi) is 5.80. The summed E-state index contributed by atoms with van der Waals surface area (Å²) in [5.41, 5.74) is 2.21. The van der Waals surface area contributed by atoms with E-state index in [1.807, 2.05) is 24.3 Å². The van der Waals surface area contributed by atoms with Crippen molar-refractivity contribution in [2.24, 2.45) is 23.7 Å². The highest BCUT2D eigenvalue weighted by atomic mass is 28.4. The second-order valence-electron chi connectivity index (χ2n) is 11.2. The van der Waals surface area contributed by atoms with Gasteiger partial charge in [0.25, 0.3) is 6.43 Å². The normalized spacial score (nSPS) is 28.2. The minimum Gasteiger partial charge on any atom is -0.543 e.